The first-order chi connectivity index (χ1) is 6.18. The summed E-state index contributed by atoms with van der Waals surface area (Å²) < 4.78 is 0. The Morgan fingerprint density at radius 1 is 1.38 bits per heavy atom. The third-order valence-electron chi connectivity index (χ3n) is 2.27. The Kier molecular flexibility index (Phi) is 2.00. The van der Waals surface area contributed by atoms with Crippen molar-refractivity contribution in [3.05, 3.63) is 21.9 Å². The Hall–Kier alpha value is -0.670. The van der Waals surface area contributed by atoms with Crippen LogP contribution in [0, 0.1) is 0 Å². The van der Waals surface area contributed by atoms with Crippen molar-refractivity contribution in [2.24, 2.45) is 0 Å². The fourth-order valence-electron chi connectivity index (χ4n) is 1.29. The van der Waals surface area contributed by atoms with Crippen LogP contribution in [0.25, 0.3) is 0 Å². The van der Waals surface area contributed by atoms with Crippen molar-refractivity contribution in [1.29, 1.82) is 0 Å². The van der Waals surface area contributed by atoms with E-state index >= 15 is 0 Å². The quantitative estimate of drug-likeness (QED) is 0.711. The van der Waals surface area contributed by atoms with Gasteiger partial charge in [0, 0.05) is 5.56 Å². The highest BCUT2D eigenvalue weighted by Gasteiger charge is 2.46. The lowest BCUT2D eigenvalue weighted by Crippen LogP contribution is -2.10. The standard InChI is InChI=1S/C8H6Cl2N2O/c9-6-3-5(7(10)12-11-6)8(4-13)1-2-8/h3-4H,1-2H2. The van der Waals surface area contributed by atoms with E-state index in [1.165, 1.54) is 0 Å². The van der Waals surface area contributed by atoms with Gasteiger partial charge in [-0.2, -0.15) is 0 Å². The number of hydrogen-bond donors (Lipinski definition) is 0. The number of aldehydes is 1. The van der Waals surface area contributed by atoms with Crippen LogP contribution >= 0.6 is 23.2 Å². The molecule has 0 bridgehead atoms. The van der Waals surface area contributed by atoms with Gasteiger partial charge in [0.05, 0.1) is 5.41 Å². The van der Waals surface area contributed by atoms with Crippen molar-refractivity contribution in [2.75, 3.05) is 0 Å². The SMILES string of the molecule is O=CC1(c2cc(Cl)nnc2Cl)CC1. The molecule has 0 atom stereocenters. The van der Waals surface area contributed by atoms with Gasteiger partial charge >= 0.3 is 0 Å². The molecule has 0 N–H and O–H groups in total. The molecule has 5 heteroatoms. The molecule has 0 saturated heterocycles. The van der Waals surface area contributed by atoms with Crippen molar-refractivity contribution in [2.45, 2.75) is 18.3 Å². The van der Waals surface area contributed by atoms with Crippen LogP contribution in [0.5, 0.6) is 0 Å². The molecule has 1 aromatic heterocycles. The van der Waals surface area contributed by atoms with E-state index in [2.05, 4.69) is 10.2 Å². The lowest BCUT2D eigenvalue weighted by molar-refractivity contribution is -0.109. The molecule has 0 spiro atoms. The monoisotopic (exact) mass is 216 g/mol. The zero-order chi connectivity index (χ0) is 9.47. The Morgan fingerprint density at radius 2 is 2.08 bits per heavy atom. The van der Waals surface area contributed by atoms with Crippen LogP contribution in [0.4, 0.5) is 0 Å². The van der Waals surface area contributed by atoms with Gasteiger partial charge in [-0.05, 0) is 18.9 Å². The highest BCUT2D eigenvalue weighted by molar-refractivity contribution is 6.32. The molecule has 0 unspecified atom stereocenters. The van der Waals surface area contributed by atoms with E-state index in [-0.39, 0.29) is 10.3 Å². The first-order valence-corrected chi connectivity index (χ1v) is 4.59. The second kappa shape index (κ2) is 2.93. The largest absolute Gasteiger partial charge is 0.302 e. The van der Waals surface area contributed by atoms with E-state index in [0.717, 1.165) is 19.1 Å². The number of hydrogen-bond acceptors (Lipinski definition) is 3. The Bertz CT molecular complexity index is 363. The third-order valence-corrected chi connectivity index (χ3v) is 2.73. The number of nitrogens with zero attached hydrogens (tertiary/aromatic N) is 2. The Morgan fingerprint density at radius 3 is 2.62 bits per heavy atom. The highest BCUT2D eigenvalue weighted by Crippen LogP contribution is 2.48. The number of rotatable bonds is 2. The lowest BCUT2D eigenvalue weighted by Gasteiger charge is -2.07. The van der Waals surface area contributed by atoms with Gasteiger partial charge in [0.25, 0.3) is 0 Å². The fraction of sp³-hybridized carbons (Fsp3) is 0.375. The van der Waals surface area contributed by atoms with E-state index in [1.807, 2.05) is 0 Å². The van der Waals surface area contributed by atoms with Crippen LogP contribution in [-0.2, 0) is 10.2 Å². The van der Waals surface area contributed by atoms with Crippen LogP contribution < -0.4 is 0 Å². The van der Waals surface area contributed by atoms with E-state index in [4.69, 9.17) is 23.2 Å². The second-order valence-electron chi connectivity index (χ2n) is 3.15. The molecule has 0 aliphatic heterocycles. The van der Waals surface area contributed by atoms with Crippen LogP contribution in [-0.4, -0.2) is 16.5 Å². The molecular weight excluding hydrogens is 211 g/mol. The van der Waals surface area contributed by atoms with Crippen LogP contribution in [0.1, 0.15) is 18.4 Å². The minimum atomic E-state index is -0.434. The average molecular weight is 217 g/mol. The highest BCUT2D eigenvalue weighted by atomic mass is 35.5. The molecule has 2 rings (SSSR count). The van der Waals surface area contributed by atoms with Gasteiger partial charge in [0.1, 0.15) is 6.29 Å². The predicted molar refractivity (Wildman–Crippen MR) is 49.0 cm³/mol. The molecule has 1 heterocycles. The number of carbonyl (C=O) groups excluding carboxylic acids is 1. The third kappa shape index (κ3) is 1.42. The molecule has 1 fully saturated rings. The summed E-state index contributed by atoms with van der Waals surface area (Å²) in [5, 5.41) is 7.78. The molecule has 1 saturated carbocycles. The van der Waals surface area contributed by atoms with Gasteiger partial charge in [-0.1, -0.05) is 23.2 Å². The van der Waals surface area contributed by atoms with Gasteiger partial charge in [-0.15, -0.1) is 10.2 Å². The van der Waals surface area contributed by atoms with E-state index in [1.54, 1.807) is 6.07 Å². The van der Waals surface area contributed by atoms with Gasteiger partial charge in [-0.3, -0.25) is 0 Å². The molecule has 68 valence electrons. The summed E-state index contributed by atoms with van der Waals surface area (Å²) in [7, 11) is 0. The summed E-state index contributed by atoms with van der Waals surface area (Å²) in [6, 6.07) is 1.61. The van der Waals surface area contributed by atoms with Crippen LogP contribution in [0.2, 0.25) is 10.3 Å². The minimum absolute atomic E-state index is 0.271. The second-order valence-corrected chi connectivity index (χ2v) is 3.89. The first kappa shape index (κ1) is 8.91. The molecule has 1 aliphatic carbocycles. The maximum Gasteiger partial charge on any atom is 0.156 e. The van der Waals surface area contributed by atoms with Crippen molar-refractivity contribution in [1.82, 2.24) is 10.2 Å². The molecular formula is C8H6Cl2N2O. The topological polar surface area (TPSA) is 42.9 Å². The van der Waals surface area contributed by atoms with Gasteiger partial charge in [0.2, 0.25) is 0 Å². The van der Waals surface area contributed by atoms with Crippen LogP contribution in [0.3, 0.4) is 0 Å². The zero-order valence-electron chi connectivity index (χ0n) is 6.63. The predicted octanol–water partition coefficient (Wildman–Crippen LogP) is 2.01. The molecule has 0 radical (unpaired) electrons. The molecule has 0 aromatic carbocycles. The first-order valence-electron chi connectivity index (χ1n) is 3.83. The molecule has 3 nitrogen and oxygen atoms in total. The fourth-order valence-corrected chi connectivity index (χ4v) is 1.71. The van der Waals surface area contributed by atoms with Crippen LogP contribution in [0.15, 0.2) is 6.07 Å². The van der Waals surface area contributed by atoms with Crippen molar-refractivity contribution in [3.63, 3.8) is 0 Å². The van der Waals surface area contributed by atoms with Gasteiger partial charge in [0.15, 0.2) is 10.3 Å². The zero-order valence-corrected chi connectivity index (χ0v) is 8.14. The minimum Gasteiger partial charge on any atom is -0.302 e. The Balaban J connectivity index is 2.50. The summed E-state index contributed by atoms with van der Waals surface area (Å²) in [5.41, 5.74) is 0.264. The number of carbonyl (C=O) groups is 1. The van der Waals surface area contributed by atoms with Gasteiger partial charge < -0.3 is 4.79 Å². The maximum absolute atomic E-state index is 10.8. The summed E-state index contributed by atoms with van der Waals surface area (Å²) in [5.74, 6) is 0. The molecule has 0 amide bonds. The number of halogens is 2. The smallest absolute Gasteiger partial charge is 0.156 e. The van der Waals surface area contributed by atoms with Crippen molar-refractivity contribution >= 4 is 29.5 Å². The van der Waals surface area contributed by atoms with Crippen molar-refractivity contribution in [3.8, 4) is 0 Å². The molecule has 1 aliphatic rings. The average Bonchev–Trinajstić information content (AvgIpc) is 2.90. The normalized spacial score (nSPS) is 18.3. The molecule has 1 aromatic rings. The van der Waals surface area contributed by atoms with E-state index in [0.29, 0.717) is 5.56 Å². The van der Waals surface area contributed by atoms with Gasteiger partial charge in [-0.25, -0.2) is 0 Å². The summed E-state index contributed by atoms with van der Waals surface area (Å²) >= 11 is 11.5. The van der Waals surface area contributed by atoms with E-state index < -0.39 is 5.41 Å². The number of aromatic nitrogens is 2. The lowest BCUT2D eigenvalue weighted by atomic mass is 10.0. The Labute approximate surface area is 85.1 Å². The van der Waals surface area contributed by atoms with Crippen molar-refractivity contribution < 1.29 is 4.79 Å². The summed E-state index contributed by atoms with van der Waals surface area (Å²) in [6.07, 6.45) is 2.54. The summed E-state index contributed by atoms with van der Waals surface area (Å²) in [4.78, 5) is 10.8. The van der Waals surface area contributed by atoms with E-state index in [9.17, 15) is 4.79 Å². The maximum atomic E-state index is 10.8. The summed E-state index contributed by atoms with van der Waals surface area (Å²) in [6.45, 7) is 0. The molecule has 13 heavy (non-hydrogen) atoms.